The molecule has 1 N–H and O–H groups in total. The van der Waals surface area contributed by atoms with Gasteiger partial charge in [0, 0.05) is 24.4 Å². The minimum absolute atomic E-state index is 0.229. The number of nitrogens with zero attached hydrogens (tertiary/aromatic N) is 5. The number of hydrogen-bond acceptors (Lipinski definition) is 7. The lowest BCUT2D eigenvalue weighted by Crippen LogP contribution is -2.14. The molecule has 12 heteroatoms. The average Bonchev–Trinajstić information content (AvgIpc) is 3.22. The monoisotopic (exact) mass is 400 g/mol. The van der Waals surface area contributed by atoms with Gasteiger partial charge in [0.25, 0.3) is 5.91 Å². The second kappa shape index (κ2) is 7.41. The Balaban J connectivity index is 1.65. The smallest absolute Gasteiger partial charge is 0.312 e. The van der Waals surface area contributed by atoms with Gasteiger partial charge in [-0.15, -0.1) is 21.5 Å². The molecule has 0 radical (unpaired) electrons. The van der Waals surface area contributed by atoms with E-state index in [2.05, 4.69) is 25.5 Å². The van der Waals surface area contributed by atoms with Gasteiger partial charge in [-0.2, -0.15) is 13.2 Å². The van der Waals surface area contributed by atoms with Crippen molar-refractivity contribution in [3.05, 3.63) is 46.3 Å². The van der Waals surface area contributed by atoms with E-state index in [1.807, 2.05) is 7.05 Å². The van der Waals surface area contributed by atoms with Crippen LogP contribution in [0.2, 0.25) is 0 Å². The summed E-state index contributed by atoms with van der Waals surface area (Å²) in [5, 5.41) is 10.9. The van der Waals surface area contributed by atoms with Gasteiger partial charge in [0.15, 0.2) is 10.2 Å². The Morgan fingerprint density at radius 3 is 2.88 bits per heavy atom. The molecule has 3 heterocycles. The number of thiazole rings is 1. The Bertz CT molecular complexity index is 923. The van der Waals surface area contributed by atoms with E-state index < -0.39 is 17.1 Å². The number of aryl methyl sites for hydroxylation is 1. The topological polar surface area (TPSA) is 85.6 Å². The maximum absolute atomic E-state index is 12.6. The van der Waals surface area contributed by atoms with Crippen molar-refractivity contribution in [2.24, 2.45) is 7.05 Å². The number of anilines is 1. The minimum atomic E-state index is -4.57. The lowest BCUT2D eigenvalue weighted by molar-refractivity contribution is -0.137. The molecule has 0 aromatic carbocycles. The molecular formula is C14H11F3N6OS2. The molecular weight excluding hydrogens is 389 g/mol. The van der Waals surface area contributed by atoms with Crippen LogP contribution in [0.15, 0.2) is 35.2 Å². The van der Waals surface area contributed by atoms with Gasteiger partial charge in [-0.25, -0.2) is 9.97 Å². The maximum Gasteiger partial charge on any atom is 0.443 e. The largest absolute Gasteiger partial charge is 0.443 e. The fourth-order valence-electron chi connectivity index (χ4n) is 1.87. The first kappa shape index (κ1) is 18.3. The van der Waals surface area contributed by atoms with Gasteiger partial charge in [0.05, 0.1) is 0 Å². The molecule has 3 aromatic rings. The summed E-state index contributed by atoms with van der Waals surface area (Å²) in [6, 6.07) is 3.40. The van der Waals surface area contributed by atoms with Crippen LogP contribution in [-0.2, 0) is 19.0 Å². The first-order valence-electron chi connectivity index (χ1n) is 7.09. The van der Waals surface area contributed by atoms with Crippen molar-refractivity contribution >= 4 is 34.8 Å². The molecule has 136 valence electrons. The van der Waals surface area contributed by atoms with Gasteiger partial charge in [0.2, 0.25) is 0 Å². The number of alkyl halides is 3. The highest BCUT2D eigenvalue weighted by atomic mass is 32.2. The summed E-state index contributed by atoms with van der Waals surface area (Å²) < 4.78 is 39.5. The van der Waals surface area contributed by atoms with E-state index in [1.165, 1.54) is 18.0 Å². The van der Waals surface area contributed by atoms with Gasteiger partial charge >= 0.3 is 6.18 Å². The summed E-state index contributed by atoms with van der Waals surface area (Å²) in [7, 11) is 1.82. The molecule has 0 atom stereocenters. The molecule has 0 aliphatic rings. The second-order valence-electron chi connectivity index (χ2n) is 5.05. The molecule has 3 aromatic heterocycles. The highest BCUT2D eigenvalue weighted by Crippen LogP contribution is 2.31. The van der Waals surface area contributed by atoms with Gasteiger partial charge in [-0.05, 0) is 17.7 Å². The van der Waals surface area contributed by atoms with Crippen LogP contribution in [0.1, 0.15) is 21.1 Å². The number of thioether (sulfide) groups is 1. The van der Waals surface area contributed by atoms with E-state index in [4.69, 9.17) is 0 Å². The number of aromatic nitrogens is 5. The second-order valence-corrected chi connectivity index (χ2v) is 6.85. The van der Waals surface area contributed by atoms with E-state index >= 15 is 0 Å². The fourth-order valence-corrected chi connectivity index (χ4v) is 3.37. The van der Waals surface area contributed by atoms with Crippen LogP contribution in [0, 0.1) is 0 Å². The third kappa shape index (κ3) is 4.38. The first-order valence-corrected chi connectivity index (χ1v) is 8.95. The minimum Gasteiger partial charge on any atom is -0.312 e. The number of amides is 1. The molecule has 0 saturated carbocycles. The molecule has 1 amide bonds. The lowest BCUT2D eigenvalue weighted by Gasteiger charge is -2.05. The molecule has 3 rings (SSSR count). The van der Waals surface area contributed by atoms with Crippen LogP contribution in [0.3, 0.4) is 0 Å². The van der Waals surface area contributed by atoms with E-state index in [1.54, 1.807) is 23.0 Å². The molecule has 0 bridgehead atoms. The van der Waals surface area contributed by atoms with Crippen LogP contribution in [0.5, 0.6) is 0 Å². The summed E-state index contributed by atoms with van der Waals surface area (Å²) in [6.45, 7) is 0. The van der Waals surface area contributed by atoms with E-state index in [-0.39, 0.29) is 11.5 Å². The zero-order chi connectivity index (χ0) is 18.7. The maximum atomic E-state index is 12.6. The zero-order valence-corrected chi connectivity index (χ0v) is 14.8. The SMILES string of the molecule is Cn1cnnc1SCc1ccnc(NC(=O)c2csc(C(F)(F)F)n2)c1. The van der Waals surface area contributed by atoms with Gasteiger partial charge in [-0.1, -0.05) is 11.8 Å². The predicted octanol–water partition coefficient (Wildman–Crippen LogP) is 3.23. The number of halogens is 3. The van der Waals surface area contributed by atoms with Crippen molar-refractivity contribution in [2.45, 2.75) is 17.1 Å². The summed E-state index contributed by atoms with van der Waals surface area (Å²) in [6.07, 6.45) is -1.48. The van der Waals surface area contributed by atoms with Crippen molar-refractivity contribution < 1.29 is 18.0 Å². The van der Waals surface area contributed by atoms with E-state index in [0.717, 1.165) is 16.1 Å². The number of carbonyl (C=O) groups is 1. The summed E-state index contributed by atoms with van der Waals surface area (Å²) >= 11 is 1.82. The molecule has 0 aliphatic heterocycles. The number of nitrogens with one attached hydrogen (secondary N) is 1. The van der Waals surface area contributed by atoms with Crippen molar-refractivity contribution in [1.82, 2.24) is 24.7 Å². The average molecular weight is 400 g/mol. The third-order valence-electron chi connectivity index (χ3n) is 3.08. The number of rotatable bonds is 5. The standard InChI is InChI=1S/C14H11F3N6OS2/c1-23-7-19-22-13(23)26-5-8-2-3-18-10(4-8)21-11(24)9-6-25-12(20-9)14(15,16)17/h2-4,6-7H,5H2,1H3,(H,18,21,24). The van der Waals surface area contributed by atoms with Gasteiger partial charge in [-0.3, -0.25) is 4.79 Å². The first-order chi connectivity index (χ1) is 12.3. The molecule has 0 aliphatic carbocycles. The summed E-state index contributed by atoms with van der Waals surface area (Å²) in [5.41, 5.74) is 0.556. The Morgan fingerprint density at radius 1 is 1.42 bits per heavy atom. The van der Waals surface area contributed by atoms with E-state index in [9.17, 15) is 18.0 Å². The van der Waals surface area contributed by atoms with Crippen LogP contribution in [-0.4, -0.2) is 30.6 Å². The Hall–Kier alpha value is -2.47. The molecule has 0 fully saturated rings. The van der Waals surface area contributed by atoms with Crippen LogP contribution < -0.4 is 5.32 Å². The summed E-state index contributed by atoms with van der Waals surface area (Å²) in [5.74, 6) is 0.0438. The Labute approximate surface area is 153 Å². The van der Waals surface area contributed by atoms with Crippen molar-refractivity contribution in [2.75, 3.05) is 5.32 Å². The highest BCUT2D eigenvalue weighted by molar-refractivity contribution is 7.98. The number of hydrogen-bond donors (Lipinski definition) is 1. The number of carbonyl (C=O) groups excluding carboxylic acids is 1. The van der Waals surface area contributed by atoms with Crippen molar-refractivity contribution in [1.29, 1.82) is 0 Å². The van der Waals surface area contributed by atoms with Crippen LogP contribution in [0.25, 0.3) is 0 Å². The molecule has 0 spiro atoms. The zero-order valence-electron chi connectivity index (χ0n) is 13.2. The van der Waals surface area contributed by atoms with Crippen LogP contribution in [0.4, 0.5) is 19.0 Å². The lowest BCUT2D eigenvalue weighted by atomic mass is 10.3. The molecule has 7 nitrogen and oxygen atoms in total. The van der Waals surface area contributed by atoms with E-state index in [0.29, 0.717) is 17.1 Å². The molecule has 26 heavy (non-hydrogen) atoms. The van der Waals surface area contributed by atoms with Crippen LogP contribution >= 0.6 is 23.1 Å². The fraction of sp³-hybridized carbons (Fsp3) is 0.214. The van der Waals surface area contributed by atoms with Crippen molar-refractivity contribution in [3.63, 3.8) is 0 Å². The highest BCUT2D eigenvalue weighted by Gasteiger charge is 2.35. The Kier molecular flexibility index (Phi) is 5.23. The van der Waals surface area contributed by atoms with Crippen molar-refractivity contribution in [3.8, 4) is 0 Å². The number of pyridine rings is 1. The third-order valence-corrected chi connectivity index (χ3v) is 5.08. The predicted molar refractivity (Wildman–Crippen MR) is 89.9 cm³/mol. The van der Waals surface area contributed by atoms with Gasteiger partial charge < -0.3 is 9.88 Å². The van der Waals surface area contributed by atoms with Gasteiger partial charge in [0.1, 0.15) is 17.8 Å². The normalized spacial score (nSPS) is 11.5. The summed E-state index contributed by atoms with van der Waals surface area (Å²) in [4.78, 5) is 19.4. The molecule has 0 unspecified atom stereocenters. The molecule has 0 saturated heterocycles. The Morgan fingerprint density at radius 2 is 2.23 bits per heavy atom. The quantitative estimate of drug-likeness (QED) is 0.662.